The highest BCUT2D eigenvalue weighted by Gasteiger charge is 2.86. The predicted molar refractivity (Wildman–Crippen MR) is 127 cm³/mol. The topological polar surface area (TPSA) is 56.5 Å². The Morgan fingerprint density at radius 3 is 1.80 bits per heavy atom. The van der Waals surface area contributed by atoms with E-state index in [-0.39, 0.29) is 10.8 Å². The van der Waals surface area contributed by atoms with E-state index >= 15 is 0 Å². The minimum absolute atomic E-state index is 0.156. The summed E-state index contributed by atoms with van der Waals surface area (Å²) in [7, 11) is -7.12. The van der Waals surface area contributed by atoms with E-state index in [1.165, 1.54) is 24.3 Å². The van der Waals surface area contributed by atoms with Crippen LogP contribution in [0.25, 0.3) is 43.8 Å². The second-order valence-corrected chi connectivity index (χ2v) is 10.2. The van der Waals surface area contributed by atoms with Gasteiger partial charge in [0.15, 0.2) is 5.75 Å². The van der Waals surface area contributed by atoms with Crippen LogP contribution in [-0.4, -0.2) is 31.7 Å². The van der Waals surface area contributed by atoms with Crippen LogP contribution in [0.2, 0.25) is 0 Å². The summed E-state index contributed by atoms with van der Waals surface area (Å²) < 4.78 is 154. The second-order valence-electron chi connectivity index (χ2n) is 8.63. The molecule has 40 heavy (non-hydrogen) atoms. The van der Waals surface area contributed by atoms with Gasteiger partial charge in [0.05, 0.1) is 0 Å². The molecule has 0 aliphatic rings. The smallest absolute Gasteiger partial charge is 0.456 e. The molecule has 0 aliphatic heterocycles. The molecule has 14 heteroatoms. The second kappa shape index (κ2) is 8.78. The van der Waals surface area contributed by atoms with Crippen LogP contribution in [-0.2, 0) is 10.1 Å². The Bertz CT molecular complexity index is 1880. The van der Waals surface area contributed by atoms with Gasteiger partial charge >= 0.3 is 33.4 Å². The lowest BCUT2D eigenvalue weighted by atomic mass is 9.94. The summed E-state index contributed by atoms with van der Waals surface area (Å²) >= 11 is 0. The number of rotatable bonds is 6. The summed E-state index contributed by atoms with van der Waals surface area (Å²) in [5.41, 5.74) is 1.94. The van der Waals surface area contributed by atoms with Crippen molar-refractivity contribution in [3.05, 3.63) is 78.9 Å². The summed E-state index contributed by atoms with van der Waals surface area (Å²) in [5.74, 6) is -15.8. The molecule has 5 rings (SSSR count). The fraction of sp³-hybridized carbons (Fsp3) is 0.154. The molecular formula is C26H13F9O4S. The molecule has 210 valence electrons. The van der Waals surface area contributed by atoms with Crippen molar-refractivity contribution in [3.63, 3.8) is 0 Å². The van der Waals surface area contributed by atoms with Crippen LogP contribution < -0.4 is 4.18 Å². The maximum atomic E-state index is 14.3. The minimum Gasteiger partial charge on any atom is -0.456 e. The third-order valence-corrected chi connectivity index (χ3v) is 7.49. The monoisotopic (exact) mass is 592 g/mol. The molecule has 1 aromatic heterocycles. The zero-order chi connectivity index (χ0) is 29.3. The minimum atomic E-state index is -7.41. The van der Waals surface area contributed by atoms with Gasteiger partial charge in [-0.2, -0.15) is 47.9 Å². The maximum absolute atomic E-state index is 14.3. The van der Waals surface area contributed by atoms with Crippen LogP contribution >= 0.6 is 0 Å². The van der Waals surface area contributed by atoms with E-state index < -0.39 is 39.1 Å². The van der Waals surface area contributed by atoms with Gasteiger partial charge in [-0.1, -0.05) is 54.6 Å². The average Bonchev–Trinajstić information content (AvgIpc) is 3.27. The van der Waals surface area contributed by atoms with Gasteiger partial charge < -0.3 is 8.60 Å². The lowest BCUT2D eigenvalue weighted by molar-refractivity contribution is -0.382. The molecule has 4 aromatic carbocycles. The van der Waals surface area contributed by atoms with Gasteiger partial charge in [-0.3, -0.25) is 0 Å². The molecular weight excluding hydrogens is 579 g/mol. The fourth-order valence-electron chi connectivity index (χ4n) is 4.27. The highest BCUT2D eigenvalue weighted by molar-refractivity contribution is 7.88. The summed E-state index contributed by atoms with van der Waals surface area (Å²) in [6, 6.07) is 19.4. The Morgan fingerprint density at radius 2 is 1.15 bits per heavy atom. The number of hydrogen-bond acceptors (Lipinski definition) is 4. The quantitative estimate of drug-likeness (QED) is 0.147. The zero-order valence-electron chi connectivity index (χ0n) is 19.4. The number of benzene rings is 4. The standard InChI is InChI=1S/C26H13F9O4S/c27-23(28,25(31,32)33)24(29,30)26(34,35)40(36,37)39-20-13-12-15(14-6-1-2-7-16(14)20)17-9-5-11-21-22(17)18-8-3-4-10-19(18)38-21/h1-13H. The molecule has 0 spiro atoms. The van der Waals surface area contributed by atoms with Crippen molar-refractivity contribution in [2.75, 3.05) is 0 Å². The molecule has 0 saturated heterocycles. The van der Waals surface area contributed by atoms with Gasteiger partial charge in [0, 0.05) is 16.2 Å². The summed E-state index contributed by atoms with van der Waals surface area (Å²) in [5, 5.41) is -5.74. The van der Waals surface area contributed by atoms with Crippen molar-refractivity contribution in [2.45, 2.75) is 23.3 Å². The SMILES string of the molecule is O=S(=O)(Oc1ccc(-c2cccc3oc4ccccc4c23)c2ccccc12)C(F)(F)C(F)(F)C(F)(F)C(F)(F)F. The van der Waals surface area contributed by atoms with Crippen molar-refractivity contribution in [1.82, 2.24) is 0 Å². The Kier molecular flexibility index (Phi) is 6.06. The number of fused-ring (bicyclic) bond motifs is 4. The first kappa shape index (κ1) is 27.6. The Labute approximate surface area is 218 Å². The van der Waals surface area contributed by atoms with E-state index in [9.17, 15) is 47.9 Å². The average molecular weight is 592 g/mol. The number of alkyl halides is 9. The van der Waals surface area contributed by atoms with E-state index in [0.29, 0.717) is 33.1 Å². The van der Waals surface area contributed by atoms with Gasteiger partial charge in [0.2, 0.25) is 0 Å². The molecule has 0 saturated carbocycles. The normalized spacial score (nSPS) is 13.8. The summed E-state index contributed by atoms with van der Waals surface area (Å²) in [4.78, 5) is 0. The molecule has 0 N–H and O–H groups in total. The largest absolute Gasteiger partial charge is 0.460 e. The van der Waals surface area contributed by atoms with Crippen molar-refractivity contribution in [3.8, 4) is 16.9 Å². The van der Waals surface area contributed by atoms with E-state index in [4.69, 9.17) is 4.42 Å². The Balaban J connectivity index is 1.64. The van der Waals surface area contributed by atoms with E-state index in [1.807, 2.05) is 0 Å². The third-order valence-electron chi connectivity index (χ3n) is 6.21. The van der Waals surface area contributed by atoms with E-state index in [2.05, 4.69) is 4.18 Å². The van der Waals surface area contributed by atoms with Crippen molar-refractivity contribution in [1.29, 1.82) is 0 Å². The third kappa shape index (κ3) is 3.87. The van der Waals surface area contributed by atoms with E-state index in [0.717, 1.165) is 12.1 Å². The number of halogens is 9. The molecule has 0 radical (unpaired) electrons. The molecule has 5 aromatic rings. The highest BCUT2D eigenvalue weighted by atomic mass is 32.2. The molecule has 4 nitrogen and oxygen atoms in total. The van der Waals surface area contributed by atoms with E-state index in [1.54, 1.807) is 42.5 Å². The van der Waals surface area contributed by atoms with Gasteiger partial charge in [0.25, 0.3) is 0 Å². The molecule has 0 atom stereocenters. The predicted octanol–water partition coefficient (Wildman–Crippen LogP) is 8.54. The first-order valence-electron chi connectivity index (χ1n) is 11.1. The molecule has 1 heterocycles. The molecule has 0 bridgehead atoms. The summed E-state index contributed by atoms with van der Waals surface area (Å²) in [6.07, 6.45) is -7.19. The van der Waals surface area contributed by atoms with Crippen LogP contribution in [0.5, 0.6) is 5.75 Å². The zero-order valence-corrected chi connectivity index (χ0v) is 20.3. The first-order valence-corrected chi connectivity index (χ1v) is 12.5. The van der Waals surface area contributed by atoms with Crippen molar-refractivity contribution < 1.29 is 56.5 Å². The lowest BCUT2D eigenvalue weighted by Crippen LogP contribution is -2.63. The van der Waals surface area contributed by atoms with Crippen molar-refractivity contribution in [2.24, 2.45) is 0 Å². The van der Waals surface area contributed by atoms with Crippen LogP contribution in [0.15, 0.2) is 83.3 Å². The fourth-order valence-corrected chi connectivity index (χ4v) is 5.19. The highest BCUT2D eigenvalue weighted by Crippen LogP contribution is 2.55. The van der Waals surface area contributed by atoms with Crippen LogP contribution in [0.1, 0.15) is 0 Å². The van der Waals surface area contributed by atoms with Crippen molar-refractivity contribution >= 4 is 42.8 Å². The summed E-state index contributed by atoms with van der Waals surface area (Å²) in [6.45, 7) is 0. The number of hydrogen-bond donors (Lipinski definition) is 0. The maximum Gasteiger partial charge on any atom is 0.460 e. The van der Waals surface area contributed by atoms with Crippen LogP contribution in [0, 0.1) is 0 Å². The number of para-hydroxylation sites is 1. The molecule has 0 aliphatic carbocycles. The van der Waals surface area contributed by atoms with Gasteiger partial charge in [-0.05, 0) is 40.8 Å². The Morgan fingerprint density at radius 1 is 0.575 bits per heavy atom. The molecule has 0 fully saturated rings. The molecule has 0 unspecified atom stereocenters. The first-order chi connectivity index (χ1) is 18.5. The van der Waals surface area contributed by atoms with Gasteiger partial charge in [0.1, 0.15) is 11.2 Å². The Hall–Kier alpha value is -3.94. The van der Waals surface area contributed by atoms with Crippen LogP contribution in [0.4, 0.5) is 39.5 Å². The van der Waals surface area contributed by atoms with Gasteiger partial charge in [-0.15, -0.1) is 0 Å². The van der Waals surface area contributed by atoms with Crippen LogP contribution in [0.3, 0.4) is 0 Å². The molecule has 0 amide bonds. The van der Waals surface area contributed by atoms with Gasteiger partial charge in [-0.25, -0.2) is 0 Å². The number of furan rings is 1. The lowest BCUT2D eigenvalue weighted by Gasteiger charge is -2.32.